The highest BCUT2D eigenvalue weighted by Gasteiger charge is 2.34. The van der Waals surface area contributed by atoms with Gasteiger partial charge in [0.05, 0.1) is 19.5 Å². The summed E-state index contributed by atoms with van der Waals surface area (Å²) in [7, 11) is 0.427. The van der Waals surface area contributed by atoms with Gasteiger partial charge in [-0.05, 0) is 245 Å². The predicted octanol–water partition coefficient (Wildman–Crippen LogP) is 18.9. The Morgan fingerprint density at radius 1 is 0.366 bits per heavy atom. The minimum Gasteiger partial charge on any atom is -0.444 e. The third-order valence-corrected chi connectivity index (χ3v) is 27.8. The molecule has 30 heteroatoms. The first-order chi connectivity index (χ1) is 52.8. The molecular weight excluding hydrogens is 1560 g/mol. The molecule has 0 aliphatic rings. The molecule has 0 bridgehead atoms. The minimum absolute atomic E-state index is 0.356. The van der Waals surface area contributed by atoms with E-state index in [1.165, 1.54) is 9.56 Å². The highest BCUT2D eigenvalue weighted by molar-refractivity contribution is 8.11. The lowest BCUT2D eigenvalue weighted by Crippen LogP contribution is -2.33. The van der Waals surface area contributed by atoms with Crippen molar-refractivity contribution in [3.63, 3.8) is 0 Å². The van der Waals surface area contributed by atoms with Crippen molar-refractivity contribution in [3.8, 4) is 34.5 Å². The second kappa shape index (κ2) is 39.8. The van der Waals surface area contributed by atoms with Crippen LogP contribution in [0.5, 0.6) is 34.5 Å². The molecule has 0 unspecified atom stereocenters. The van der Waals surface area contributed by atoms with Crippen molar-refractivity contribution in [3.05, 3.63) is 252 Å². The number of alkyl carbamates (subject to hydrolysis) is 4. The van der Waals surface area contributed by atoms with Crippen LogP contribution in [0.3, 0.4) is 0 Å². The van der Waals surface area contributed by atoms with Crippen LogP contribution in [0.25, 0.3) is 0 Å². The molecule has 0 saturated heterocycles. The number of hydrogen-bond donors (Lipinski definition) is 4. The fourth-order valence-corrected chi connectivity index (χ4v) is 21.0. The van der Waals surface area contributed by atoms with E-state index in [4.69, 9.17) is 96.2 Å². The standard InChI is InChI=1S/C82H101N9O14P4S3/c1-16-106(73-23-19-17-20-24-73,74-25-21-18-22-26-74)89-107(110,100-67-47-35-65(36-48-67)59-87-90(14)108(111,102-69-39-27-61(28-40-69)51-55-83-75(92)96-79(2,3)4)103-70-41-29-62(30-42-70)52-56-84-76(93)97-80(5,6)7)101-68-49-37-66(38-50-68)60-88-91(15)109(112,104-71-43-31-63(32-44-71)53-57-85-77(94)98-81(8,9)10)105-72-45-33-64(34-46-72)54-58-86-78(95)99-82(11,12)13/h16-50,59-60H,1,51-58H2,2-15H3,(H,83,92)(H,84,93)(H,85,94)(H,86,95)/b87-59+,88-60+. The van der Waals surface area contributed by atoms with Crippen molar-refractivity contribution in [1.82, 2.24) is 30.8 Å². The summed E-state index contributed by atoms with van der Waals surface area (Å²) in [5, 5.41) is 22.6. The van der Waals surface area contributed by atoms with Gasteiger partial charge in [-0.3, -0.25) is 0 Å². The summed E-state index contributed by atoms with van der Waals surface area (Å²) >= 11 is 19.2. The van der Waals surface area contributed by atoms with E-state index in [1.54, 1.807) is 99.3 Å². The first-order valence-electron chi connectivity index (χ1n) is 36.2. The first-order valence-corrected chi connectivity index (χ1v) is 45.8. The molecule has 0 heterocycles. The monoisotopic (exact) mass is 1660 g/mol. The average Bonchev–Trinajstić information content (AvgIpc) is 0.725. The van der Waals surface area contributed by atoms with Crippen LogP contribution in [0.2, 0.25) is 0 Å². The summed E-state index contributed by atoms with van der Waals surface area (Å²) in [5.41, 5.74) is 2.57. The number of carbonyl (C=O) groups is 4. The molecule has 0 fully saturated rings. The minimum atomic E-state index is -3.80. The number of rotatable bonds is 34. The van der Waals surface area contributed by atoms with Gasteiger partial charge in [-0.15, -0.1) is 0 Å². The number of amides is 4. The van der Waals surface area contributed by atoms with E-state index >= 15 is 0 Å². The molecule has 112 heavy (non-hydrogen) atoms. The Morgan fingerprint density at radius 2 is 0.598 bits per heavy atom. The van der Waals surface area contributed by atoms with Gasteiger partial charge in [0.25, 0.3) is 0 Å². The lowest BCUT2D eigenvalue weighted by atomic mass is 10.1. The summed E-state index contributed by atoms with van der Waals surface area (Å²) in [5.74, 6) is 4.31. The molecular formula is C82H101N9O14P4S3. The third kappa shape index (κ3) is 29.5. The van der Waals surface area contributed by atoms with E-state index in [-0.39, 0.29) is 0 Å². The van der Waals surface area contributed by atoms with Crippen molar-refractivity contribution in [2.45, 2.75) is 131 Å². The maximum atomic E-state index is 12.3. The molecule has 0 saturated carbocycles. The molecule has 8 aromatic rings. The molecule has 0 aliphatic heterocycles. The Morgan fingerprint density at radius 3 is 0.830 bits per heavy atom. The first kappa shape index (κ1) is 88.1. The summed E-state index contributed by atoms with van der Waals surface area (Å²) < 4.78 is 70.3. The zero-order valence-corrected chi connectivity index (χ0v) is 71.7. The van der Waals surface area contributed by atoms with Gasteiger partial charge < -0.3 is 67.4 Å². The zero-order chi connectivity index (χ0) is 81.4. The van der Waals surface area contributed by atoms with E-state index in [9.17, 15) is 19.2 Å². The number of benzene rings is 8. The Bertz CT molecular complexity index is 4260. The fraction of sp³-hybridized carbons (Fsp3) is 0.317. The molecule has 596 valence electrons. The smallest absolute Gasteiger partial charge is 0.413 e. The second-order valence-electron chi connectivity index (χ2n) is 29.5. The van der Waals surface area contributed by atoms with Crippen molar-refractivity contribution in [2.24, 2.45) is 14.7 Å². The molecule has 4 amide bonds. The van der Waals surface area contributed by atoms with Crippen LogP contribution in [-0.2, 0) is 80.1 Å². The SMILES string of the molecule is C=CP(=NP(=S)(Oc1ccc(/C=N/N(C)P(=S)(Oc2ccc(CCNC(=O)OC(C)(C)C)cc2)Oc2ccc(CCNC(=O)OC(C)(C)C)cc2)cc1)Oc1ccc(/C=N/N(C)P(=S)(Oc2ccc(CCNC(=O)OC(C)(C)C)cc2)Oc2ccc(CCNC(=O)OC(C)(C)C)cc2)cc1)(c1ccccc1)c1ccccc1. The summed E-state index contributed by atoms with van der Waals surface area (Å²) in [6.45, 7) is 16.7. The highest BCUT2D eigenvalue weighted by atomic mass is 32.5. The lowest BCUT2D eigenvalue weighted by Gasteiger charge is -2.29. The van der Waals surface area contributed by atoms with Crippen LogP contribution in [0.1, 0.15) is 116 Å². The molecule has 23 nitrogen and oxygen atoms in total. The second-order valence-corrected chi connectivity index (χ2v) is 42.2. The molecule has 8 rings (SSSR count). The molecule has 0 radical (unpaired) electrons. The van der Waals surface area contributed by atoms with Gasteiger partial charge in [0.1, 0.15) is 56.9 Å². The quantitative estimate of drug-likeness (QED) is 0.0127. The fourth-order valence-electron chi connectivity index (χ4n) is 10.1. The number of ether oxygens (including phenoxy) is 4. The molecule has 0 atom stereocenters. The zero-order valence-electron chi connectivity index (χ0n) is 65.7. The molecule has 0 spiro atoms. The maximum Gasteiger partial charge on any atom is 0.413 e. The molecule has 0 aliphatic carbocycles. The van der Waals surface area contributed by atoms with Gasteiger partial charge >= 0.3 is 44.3 Å². The Hall–Kier alpha value is -9.50. The van der Waals surface area contributed by atoms with Gasteiger partial charge in [-0.25, -0.2) is 28.7 Å². The molecule has 8 aromatic carbocycles. The maximum absolute atomic E-state index is 12.3. The van der Waals surface area contributed by atoms with E-state index in [0.29, 0.717) is 97.5 Å². The van der Waals surface area contributed by atoms with Gasteiger partial charge in [0.2, 0.25) is 0 Å². The van der Waals surface area contributed by atoms with Crippen molar-refractivity contribution >= 4 is 110 Å². The number of nitrogens with one attached hydrogen (secondary N) is 4. The van der Waals surface area contributed by atoms with Crippen LogP contribution in [-0.4, -0.2) is 109 Å². The predicted molar refractivity (Wildman–Crippen MR) is 459 cm³/mol. The largest absolute Gasteiger partial charge is 0.444 e. The number of nitrogens with zero attached hydrogens (tertiary/aromatic N) is 5. The molecule has 0 aromatic heterocycles. The Kier molecular flexibility index (Phi) is 31.3. The van der Waals surface area contributed by atoms with E-state index in [1.807, 2.05) is 222 Å². The lowest BCUT2D eigenvalue weighted by molar-refractivity contribution is 0.0517. The number of carbonyl (C=O) groups excluding carboxylic acids is 4. The van der Waals surface area contributed by atoms with Crippen LogP contribution >= 0.6 is 27.0 Å². The van der Waals surface area contributed by atoms with E-state index in [2.05, 4.69) is 27.8 Å². The van der Waals surface area contributed by atoms with E-state index < -0.39 is 73.8 Å². The van der Waals surface area contributed by atoms with Crippen LogP contribution < -0.4 is 59.0 Å². The van der Waals surface area contributed by atoms with Crippen molar-refractivity contribution in [1.29, 1.82) is 0 Å². The summed E-state index contributed by atoms with van der Waals surface area (Å²) in [6.07, 6.45) is 3.41. The summed E-state index contributed by atoms with van der Waals surface area (Å²) in [6, 6.07) is 63.4. The van der Waals surface area contributed by atoms with Crippen molar-refractivity contribution in [2.75, 3.05) is 40.3 Å². The normalized spacial score (nSPS) is 12.2. The summed E-state index contributed by atoms with van der Waals surface area (Å²) in [4.78, 5) is 49.4. The number of hydrazone groups is 2. The topological polar surface area (TPSA) is 252 Å². The van der Waals surface area contributed by atoms with Gasteiger partial charge in [0, 0.05) is 86.3 Å². The third-order valence-electron chi connectivity index (χ3n) is 15.4. The van der Waals surface area contributed by atoms with Crippen LogP contribution in [0, 0.1) is 0 Å². The van der Waals surface area contributed by atoms with Gasteiger partial charge in [-0.2, -0.15) is 14.7 Å². The number of hydrogen-bond acceptors (Lipinski definition) is 19. The Labute approximate surface area is 674 Å². The van der Waals surface area contributed by atoms with Gasteiger partial charge in [-0.1, -0.05) is 116 Å². The average molecular weight is 1660 g/mol. The molecule has 4 N–H and O–H groups in total. The van der Waals surface area contributed by atoms with E-state index in [0.717, 1.165) is 32.9 Å². The Balaban J connectivity index is 1.04. The highest BCUT2D eigenvalue weighted by Crippen LogP contribution is 2.63. The van der Waals surface area contributed by atoms with Gasteiger partial charge in [0.15, 0.2) is 0 Å². The van der Waals surface area contributed by atoms with Crippen LogP contribution in [0.4, 0.5) is 19.2 Å². The van der Waals surface area contributed by atoms with Crippen molar-refractivity contribution < 1.29 is 65.3 Å². The van der Waals surface area contributed by atoms with Crippen LogP contribution in [0.15, 0.2) is 233 Å².